The molecule has 0 unspecified atom stereocenters. The minimum absolute atomic E-state index is 0.229. The van der Waals surface area contributed by atoms with Crippen LogP contribution in [-0.4, -0.2) is 39.9 Å². The Kier molecular flexibility index (Phi) is 5.52. The molecule has 0 saturated carbocycles. The summed E-state index contributed by atoms with van der Waals surface area (Å²) < 4.78 is 0. The molecule has 0 aliphatic heterocycles. The minimum atomic E-state index is -0.229. The third kappa shape index (κ3) is 4.02. The molecule has 0 saturated heterocycles. The van der Waals surface area contributed by atoms with E-state index in [1.54, 1.807) is 34.8 Å². The second kappa shape index (κ2) is 8.01. The fourth-order valence-corrected chi connectivity index (χ4v) is 3.09. The van der Waals surface area contributed by atoms with E-state index in [9.17, 15) is 4.79 Å². The van der Waals surface area contributed by atoms with Crippen LogP contribution in [0.15, 0.2) is 36.1 Å². The van der Waals surface area contributed by atoms with Gasteiger partial charge in [-0.15, -0.1) is 11.3 Å². The van der Waals surface area contributed by atoms with Crippen molar-refractivity contribution in [3.63, 3.8) is 0 Å². The number of hydrogen-bond donors (Lipinski definition) is 1. The van der Waals surface area contributed by atoms with Gasteiger partial charge in [0.05, 0.1) is 28.5 Å². The first-order valence-electron chi connectivity index (χ1n) is 8.24. The van der Waals surface area contributed by atoms with Gasteiger partial charge in [0, 0.05) is 43.6 Å². The van der Waals surface area contributed by atoms with Crippen molar-refractivity contribution in [2.75, 3.05) is 19.0 Å². The molecular weight excluding hydrogens is 348 g/mol. The van der Waals surface area contributed by atoms with Gasteiger partial charge in [0.25, 0.3) is 5.91 Å². The molecule has 7 nitrogen and oxygen atoms in total. The van der Waals surface area contributed by atoms with Gasteiger partial charge in [0.15, 0.2) is 0 Å². The van der Waals surface area contributed by atoms with Crippen molar-refractivity contribution in [3.8, 4) is 11.3 Å². The molecule has 0 aliphatic rings. The Morgan fingerprint density at radius 2 is 2.00 bits per heavy atom. The fourth-order valence-electron chi connectivity index (χ4n) is 2.34. The third-order valence-corrected chi connectivity index (χ3v) is 4.75. The Bertz CT molecular complexity index is 894. The molecule has 134 valence electrons. The van der Waals surface area contributed by atoms with E-state index in [0.29, 0.717) is 23.8 Å². The van der Waals surface area contributed by atoms with Gasteiger partial charge in [0.2, 0.25) is 5.95 Å². The molecule has 1 N–H and O–H groups in total. The number of nitrogens with zero attached hydrogens (tertiary/aromatic N) is 5. The lowest BCUT2D eigenvalue weighted by Gasteiger charge is -2.14. The van der Waals surface area contributed by atoms with Crippen molar-refractivity contribution < 1.29 is 4.79 Å². The highest BCUT2D eigenvalue weighted by atomic mass is 32.1. The molecule has 0 aliphatic carbocycles. The molecule has 3 aromatic heterocycles. The highest BCUT2D eigenvalue weighted by molar-refractivity contribution is 7.09. The summed E-state index contributed by atoms with van der Waals surface area (Å²) in [6.07, 6.45) is 5.81. The average Bonchev–Trinajstić information content (AvgIpc) is 3.14. The molecule has 0 aromatic carbocycles. The first kappa shape index (κ1) is 17.9. The van der Waals surface area contributed by atoms with Crippen LogP contribution in [0.25, 0.3) is 11.3 Å². The molecule has 26 heavy (non-hydrogen) atoms. The quantitative estimate of drug-likeness (QED) is 0.720. The lowest BCUT2D eigenvalue weighted by atomic mass is 10.1. The topological polar surface area (TPSA) is 83.9 Å². The van der Waals surface area contributed by atoms with Crippen LogP contribution in [0.1, 0.15) is 28.0 Å². The molecule has 0 spiro atoms. The van der Waals surface area contributed by atoms with Crippen molar-refractivity contribution in [2.24, 2.45) is 0 Å². The van der Waals surface area contributed by atoms with Gasteiger partial charge in [-0.3, -0.25) is 9.78 Å². The van der Waals surface area contributed by atoms with Crippen LogP contribution in [0, 0.1) is 0 Å². The number of nitrogens with one attached hydrogen (secondary N) is 1. The van der Waals surface area contributed by atoms with Crippen LogP contribution in [0.4, 0.5) is 5.95 Å². The summed E-state index contributed by atoms with van der Waals surface area (Å²) in [6, 6.07) is 3.65. The van der Waals surface area contributed by atoms with Gasteiger partial charge < -0.3 is 10.2 Å². The summed E-state index contributed by atoms with van der Waals surface area (Å²) >= 11 is 1.60. The predicted octanol–water partition coefficient (Wildman–Crippen LogP) is 2.55. The third-order valence-electron chi connectivity index (χ3n) is 3.71. The maximum absolute atomic E-state index is 12.7. The van der Waals surface area contributed by atoms with Gasteiger partial charge in [0.1, 0.15) is 0 Å². The van der Waals surface area contributed by atoms with Crippen LogP contribution in [0.5, 0.6) is 0 Å². The number of anilines is 1. The maximum atomic E-state index is 12.7. The number of pyridine rings is 1. The van der Waals surface area contributed by atoms with Crippen LogP contribution in [-0.2, 0) is 13.0 Å². The molecule has 0 bridgehead atoms. The van der Waals surface area contributed by atoms with Crippen LogP contribution < -0.4 is 10.2 Å². The van der Waals surface area contributed by atoms with E-state index < -0.39 is 0 Å². The molecule has 0 fully saturated rings. The standard InChI is InChI=1S/C18H20N6OS/c1-4-15-22-13(11-26-15)9-20-17(25)14-10-21-18(24(2)3)23-16(14)12-5-7-19-8-6-12/h5-8,10-11H,4,9H2,1-3H3,(H,20,25). The van der Waals surface area contributed by atoms with Gasteiger partial charge in [-0.2, -0.15) is 0 Å². The summed E-state index contributed by atoms with van der Waals surface area (Å²) in [5.74, 6) is 0.314. The van der Waals surface area contributed by atoms with E-state index in [1.165, 1.54) is 0 Å². The van der Waals surface area contributed by atoms with Gasteiger partial charge in [-0.25, -0.2) is 15.0 Å². The number of aryl methyl sites for hydroxylation is 1. The number of carbonyl (C=O) groups is 1. The summed E-state index contributed by atoms with van der Waals surface area (Å²) in [5, 5.41) is 5.93. The number of aromatic nitrogens is 4. The molecule has 0 atom stereocenters. The van der Waals surface area contributed by atoms with Crippen molar-refractivity contribution in [1.29, 1.82) is 0 Å². The normalized spacial score (nSPS) is 10.6. The lowest BCUT2D eigenvalue weighted by molar-refractivity contribution is 0.0950. The fraction of sp³-hybridized carbons (Fsp3) is 0.278. The first-order valence-corrected chi connectivity index (χ1v) is 9.12. The van der Waals surface area contributed by atoms with Crippen LogP contribution in [0.2, 0.25) is 0 Å². The zero-order valence-corrected chi connectivity index (χ0v) is 15.7. The number of thiazole rings is 1. The average molecular weight is 368 g/mol. The first-order chi connectivity index (χ1) is 12.6. The van der Waals surface area contributed by atoms with Gasteiger partial charge in [-0.05, 0) is 18.6 Å². The zero-order valence-electron chi connectivity index (χ0n) is 14.9. The predicted molar refractivity (Wildman–Crippen MR) is 102 cm³/mol. The van der Waals surface area contributed by atoms with E-state index >= 15 is 0 Å². The molecule has 0 radical (unpaired) electrons. The number of rotatable bonds is 6. The number of carbonyl (C=O) groups excluding carboxylic acids is 1. The Morgan fingerprint density at radius 1 is 1.23 bits per heavy atom. The zero-order chi connectivity index (χ0) is 18.5. The van der Waals surface area contributed by atoms with E-state index in [0.717, 1.165) is 22.7 Å². The summed E-state index contributed by atoms with van der Waals surface area (Å²) in [4.78, 5) is 31.9. The Morgan fingerprint density at radius 3 is 2.65 bits per heavy atom. The van der Waals surface area contributed by atoms with Gasteiger partial charge >= 0.3 is 0 Å². The molecule has 1 amide bonds. The molecule has 3 rings (SSSR count). The van der Waals surface area contributed by atoms with Crippen molar-refractivity contribution >= 4 is 23.2 Å². The lowest BCUT2D eigenvalue weighted by Crippen LogP contribution is -2.25. The number of hydrogen-bond acceptors (Lipinski definition) is 7. The molecular formula is C18H20N6OS. The molecule has 3 heterocycles. The van der Waals surface area contributed by atoms with Crippen molar-refractivity contribution in [3.05, 3.63) is 52.4 Å². The Labute approximate surface area is 156 Å². The molecule has 3 aromatic rings. The van der Waals surface area contributed by atoms with E-state index in [1.807, 2.05) is 31.6 Å². The largest absolute Gasteiger partial charge is 0.347 e. The summed E-state index contributed by atoms with van der Waals surface area (Å²) in [6.45, 7) is 2.44. The Hall–Kier alpha value is -2.87. The molecule has 8 heteroatoms. The second-order valence-electron chi connectivity index (χ2n) is 5.83. The van der Waals surface area contributed by atoms with Gasteiger partial charge in [-0.1, -0.05) is 6.92 Å². The monoisotopic (exact) mass is 368 g/mol. The van der Waals surface area contributed by atoms with Crippen LogP contribution in [0.3, 0.4) is 0 Å². The second-order valence-corrected chi connectivity index (χ2v) is 6.77. The highest BCUT2D eigenvalue weighted by Gasteiger charge is 2.17. The van der Waals surface area contributed by atoms with E-state index in [-0.39, 0.29) is 5.91 Å². The van der Waals surface area contributed by atoms with Crippen LogP contribution >= 0.6 is 11.3 Å². The van der Waals surface area contributed by atoms with Crippen molar-refractivity contribution in [1.82, 2.24) is 25.3 Å². The highest BCUT2D eigenvalue weighted by Crippen LogP contribution is 2.22. The Balaban J connectivity index is 1.86. The number of amides is 1. The van der Waals surface area contributed by atoms with Crippen molar-refractivity contribution in [2.45, 2.75) is 19.9 Å². The summed E-state index contributed by atoms with van der Waals surface area (Å²) in [5.41, 5.74) is 2.68. The summed E-state index contributed by atoms with van der Waals surface area (Å²) in [7, 11) is 3.72. The smallest absolute Gasteiger partial charge is 0.255 e. The maximum Gasteiger partial charge on any atom is 0.255 e. The van der Waals surface area contributed by atoms with E-state index in [4.69, 9.17) is 0 Å². The minimum Gasteiger partial charge on any atom is -0.347 e. The SMILES string of the molecule is CCc1nc(CNC(=O)c2cnc(N(C)C)nc2-c2ccncc2)cs1. The van der Waals surface area contributed by atoms with E-state index in [2.05, 4.69) is 32.2 Å².